The van der Waals surface area contributed by atoms with Crippen LogP contribution in [0.25, 0.3) is 0 Å². The van der Waals surface area contributed by atoms with Gasteiger partial charge in [0.05, 0.1) is 18.5 Å². The molecular formula is C15H20N2O4. The number of nitrogens with one attached hydrogen (secondary N) is 1. The van der Waals surface area contributed by atoms with Crippen LogP contribution in [0.4, 0.5) is 0 Å². The monoisotopic (exact) mass is 292 g/mol. The molecule has 0 atom stereocenters. The van der Waals surface area contributed by atoms with Gasteiger partial charge in [0.2, 0.25) is 11.8 Å². The number of hydrogen-bond acceptors (Lipinski definition) is 3. The smallest absolute Gasteiger partial charge is 0.335 e. The zero-order valence-corrected chi connectivity index (χ0v) is 12.3. The van der Waals surface area contributed by atoms with E-state index in [1.807, 2.05) is 13.8 Å². The number of hydrogen-bond donors (Lipinski definition) is 2. The van der Waals surface area contributed by atoms with Gasteiger partial charge in [-0.25, -0.2) is 4.79 Å². The number of benzene rings is 1. The third kappa shape index (κ3) is 5.25. The summed E-state index contributed by atoms with van der Waals surface area (Å²) >= 11 is 0. The molecule has 1 rings (SSSR count). The van der Waals surface area contributed by atoms with Crippen molar-refractivity contribution in [3.05, 3.63) is 35.4 Å². The van der Waals surface area contributed by atoms with Crippen LogP contribution in [0.15, 0.2) is 24.3 Å². The average Bonchev–Trinajstić information content (AvgIpc) is 2.45. The van der Waals surface area contributed by atoms with Gasteiger partial charge in [0.1, 0.15) is 0 Å². The molecule has 0 aliphatic heterocycles. The maximum atomic E-state index is 12.1. The Morgan fingerprint density at radius 2 is 1.76 bits per heavy atom. The van der Waals surface area contributed by atoms with E-state index >= 15 is 0 Å². The van der Waals surface area contributed by atoms with E-state index in [1.54, 1.807) is 12.1 Å². The van der Waals surface area contributed by atoms with E-state index in [0.29, 0.717) is 13.1 Å². The van der Waals surface area contributed by atoms with E-state index in [0.717, 1.165) is 5.56 Å². The molecule has 0 heterocycles. The van der Waals surface area contributed by atoms with Crippen LogP contribution < -0.4 is 5.32 Å². The predicted octanol–water partition coefficient (Wildman–Crippen LogP) is 0.912. The summed E-state index contributed by atoms with van der Waals surface area (Å²) in [5, 5.41) is 11.5. The summed E-state index contributed by atoms with van der Waals surface area (Å²) in [4.78, 5) is 35.9. The van der Waals surface area contributed by atoms with Crippen molar-refractivity contribution in [2.45, 2.75) is 20.3 Å². The number of carboxylic acids is 1. The lowest BCUT2D eigenvalue weighted by Gasteiger charge is -2.20. The second-order valence-electron chi connectivity index (χ2n) is 4.54. The first-order valence-corrected chi connectivity index (χ1v) is 6.84. The summed E-state index contributed by atoms with van der Waals surface area (Å²) in [6.45, 7) is 4.64. The Morgan fingerprint density at radius 1 is 1.14 bits per heavy atom. The molecule has 1 aromatic rings. The van der Waals surface area contributed by atoms with Gasteiger partial charge < -0.3 is 15.3 Å². The van der Waals surface area contributed by atoms with E-state index in [4.69, 9.17) is 5.11 Å². The molecule has 0 aliphatic rings. The molecule has 6 heteroatoms. The summed E-state index contributed by atoms with van der Waals surface area (Å²) in [7, 11) is 0. The molecule has 0 radical (unpaired) electrons. The minimum atomic E-state index is -1.00. The zero-order chi connectivity index (χ0) is 15.8. The Morgan fingerprint density at radius 3 is 2.24 bits per heavy atom. The number of rotatable bonds is 7. The number of carbonyl (C=O) groups excluding carboxylic acids is 2. The molecule has 21 heavy (non-hydrogen) atoms. The molecule has 0 aliphatic carbocycles. The maximum Gasteiger partial charge on any atom is 0.335 e. The highest BCUT2D eigenvalue weighted by Crippen LogP contribution is 2.07. The van der Waals surface area contributed by atoms with E-state index in [-0.39, 0.29) is 30.3 Å². The standard InChI is InChI=1S/C15H20N2O4/c1-3-16-13(18)10-17(4-2)14(19)9-11-5-7-12(8-6-11)15(20)21/h5-8H,3-4,9-10H2,1-2H3,(H,16,18)(H,20,21). The second-order valence-corrected chi connectivity index (χ2v) is 4.54. The van der Waals surface area contributed by atoms with Gasteiger partial charge in [-0.1, -0.05) is 12.1 Å². The first kappa shape index (κ1) is 16.7. The summed E-state index contributed by atoms with van der Waals surface area (Å²) in [5.74, 6) is -1.35. The highest BCUT2D eigenvalue weighted by atomic mass is 16.4. The minimum absolute atomic E-state index is 0.0381. The Bertz CT molecular complexity index is 511. The fourth-order valence-corrected chi connectivity index (χ4v) is 1.85. The minimum Gasteiger partial charge on any atom is -0.478 e. The topological polar surface area (TPSA) is 86.7 Å². The highest BCUT2D eigenvalue weighted by molar-refractivity contribution is 5.88. The maximum absolute atomic E-state index is 12.1. The van der Waals surface area contributed by atoms with Crippen molar-refractivity contribution in [2.75, 3.05) is 19.6 Å². The van der Waals surface area contributed by atoms with Crippen molar-refractivity contribution in [1.29, 1.82) is 0 Å². The molecule has 0 saturated heterocycles. The van der Waals surface area contributed by atoms with Crippen LogP contribution in [0.5, 0.6) is 0 Å². The molecule has 0 bridgehead atoms. The lowest BCUT2D eigenvalue weighted by molar-refractivity contribution is -0.135. The normalized spacial score (nSPS) is 10.0. The molecule has 2 amide bonds. The molecular weight excluding hydrogens is 272 g/mol. The van der Waals surface area contributed by atoms with Gasteiger partial charge in [-0.05, 0) is 31.5 Å². The number of carboxylic acid groups (broad SMARTS) is 1. The van der Waals surface area contributed by atoms with E-state index in [2.05, 4.69) is 5.32 Å². The Labute approximate surface area is 123 Å². The zero-order valence-electron chi connectivity index (χ0n) is 12.3. The van der Waals surface area contributed by atoms with Crippen molar-refractivity contribution < 1.29 is 19.5 Å². The van der Waals surface area contributed by atoms with Gasteiger partial charge in [-0.15, -0.1) is 0 Å². The second kappa shape index (κ2) is 8.04. The lowest BCUT2D eigenvalue weighted by Crippen LogP contribution is -2.41. The quantitative estimate of drug-likeness (QED) is 0.782. The van der Waals surface area contributed by atoms with Crippen LogP contribution in [-0.4, -0.2) is 47.4 Å². The highest BCUT2D eigenvalue weighted by Gasteiger charge is 2.15. The number of carbonyl (C=O) groups is 3. The molecule has 114 valence electrons. The van der Waals surface area contributed by atoms with Gasteiger partial charge in [-0.3, -0.25) is 9.59 Å². The van der Waals surface area contributed by atoms with Crippen molar-refractivity contribution in [3.8, 4) is 0 Å². The van der Waals surface area contributed by atoms with Crippen LogP contribution in [0, 0.1) is 0 Å². The fourth-order valence-electron chi connectivity index (χ4n) is 1.85. The average molecular weight is 292 g/mol. The summed E-state index contributed by atoms with van der Waals surface area (Å²) < 4.78 is 0. The van der Waals surface area contributed by atoms with Crippen LogP contribution >= 0.6 is 0 Å². The third-order valence-corrected chi connectivity index (χ3v) is 3.00. The number of aromatic carboxylic acids is 1. The first-order chi connectivity index (χ1) is 9.97. The van der Waals surface area contributed by atoms with E-state index < -0.39 is 5.97 Å². The van der Waals surface area contributed by atoms with Crippen molar-refractivity contribution in [1.82, 2.24) is 10.2 Å². The van der Waals surface area contributed by atoms with E-state index in [1.165, 1.54) is 17.0 Å². The van der Waals surface area contributed by atoms with Gasteiger partial charge in [0.15, 0.2) is 0 Å². The molecule has 0 saturated carbocycles. The van der Waals surface area contributed by atoms with Gasteiger partial charge in [0.25, 0.3) is 0 Å². The number of nitrogens with zero attached hydrogens (tertiary/aromatic N) is 1. The molecule has 0 aromatic heterocycles. The Kier molecular flexibility index (Phi) is 6.39. The summed E-state index contributed by atoms with van der Waals surface area (Å²) in [6, 6.07) is 6.15. The molecule has 1 aromatic carbocycles. The van der Waals surface area contributed by atoms with Crippen LogP contribution in [0.2, 0.25) is 0 Å². The Balaban J connectivity index is 2.65. The van der Waals surface area contributed by atoms with E-state index in [9.17, 15) is 14.4 Å². The largest absolute Gasteiger partial charge is 0.478 e. The summed E-state index contributed by atoms with van der Waals surface area (Å²) in [6.07, 6.45) is 0.146. The number of likely N-dealkylation sites (N-methyl/N-ethyl adjacent to an activating group) is 2. The number of amides is 2. The van der Waals surface area contributed by atoms with Crippen molar-refractivity contribution in [2.24, 2.45) is 0 Å². The molecule has 0 fully saturated rings. The first-order valence-electron chi connectivity index (χ1n) is 6.84. The van der Waals surface area contributed by atoms with Crippen molar-refractivity contribution in [3.63, 3.8) is 0 Å². The van der Waals surface area contributed by atoms with Gasteiger partial charge in [0, 0.05) is 13.1 Å². The van der Waals surface area contributed by atoms with Crippen molar-refractivity contribution >= 4 is 17.8 Å². The fraction of sp³-hybridized carbons (Fsp3) is 0.400. The third-order valence-electron chi connectivity index (χ3n) is 3.00. The van der Waals surface area contributed by atoms with Gasteiger partial charge >= 0.3 is 5.97 Å². The van der Waals surface area contributed by atoms with Crippen LogP contribution in [0.3, 0.4) is 0 Å². The molecule has 0 unspecified atom stereocenters. The molecule has 6 nitrogen and oxygen atoms in total. The molecule has 0 spiro atoms. The predicted molar refractivity (Wildman–Crippen MR) is 78.0 cm³/mol. The molecule has 2 N–H and O–H groups in total. The SMILES string of the molecule is CCNC(=O)CN(CC)C(=O)Cc1ccc(C(=O)O)cc1. The van der Waals surface area contributed by atoms with Crippen LogP contribution in [0.1, 0.15) is 29.8 Å². The summed E-state index contributed by atoms with van der Waals surface area (Å²) in [5.41, 5.74) is 0.903. The van der Waals surface area contributed by atoms with Gasteiger partial charge in [-0.2, -0.15) is 0 Å². The lowest BCUT2D eigenvalue weighted by atomic mass is 10.1. The Hall–Kier alpha value is -2.37. The van der Waals surface area contributed by atoms with Crippen LogP contribution in [-0.2, 0) is 16.0 Å².